The number of aromatic hydroxyl groups is 2. The number of unbranched alkanes of at least 4 members (excludes halogenated alkanes) is 1. The number of rotatable bonds is 6. The molecule has 0 fully saturated rings. The predicted molar refractivity (Wildman–Crippen MR) is 74.0 cm³/mol. The topological polar surface area (TPSA) is 86.8 Å². The lowest BCUT2D eigenvalue weighted by atomic mass is 10.0. The number of hydrogen-bond donors (Lipinski definition) is 3. The molecular weight excluding hydrogens is 244 g/mol. The molecule has 1 amide bonds. The first-order valence-corrected chi connectivity index (χ1v) is 6.47. The van der Waals surface area contributed by atoms with Crippen LogP contribution in [0.4, 0.5) is 0 Å². The van der Waals surface area contributed by atoms with E-state index < -0.39 is 6.04 Å². The summed E-state index contributed by atoms with van der Waals surface area (Å²) < 4.78 is 0. The molecule has 0 radical (unpaired) electrons. The number of nitrogens with zero attached hydrogens (tertiary/aromatic N) is 1. The molecule has 0 saturated heterocycles. The van der Waals surface area contributed by atoms with Crippen LogP contribution >= 0.6 is 0 Å². The Labute approximate surface area is 113 Å². The fraction of sp³-hybridized carbons (Fsp3) is 0.500. The van der Waals surface area contributed by atoms with Crippen molar-refractivity contribution in [3.63, 3.8) is 0 Å². The van der Waals surface area contributed by atoms with Gasteiger partial charge in [-0.3, -0.25) is 4.79 Å². The van der Waals surface area contributed by atoms with E-state index in [0.29, 0.717) is 13.0 Å². The van der Waals surface area contributed by atoms with Crippen LogP contribution in [0, 0.1) is 0 Å². The van der Waals surface area contributed by atoms with Gasteiger partial charge in [-0.1, -0.05) is 19.4 Å². The fourth-order valence-corrected chi connectivity index (χ4v) is 1.83. The minimum Gasteiger partial charge on any atom is -0.504 e. The second kappa shape index (κ2) is 6.99. The Morgan fingerprint density at radius 3 is 2.63 bits per heavy atom. The minimum absolute atomic E-state index is 0.110. The smallest absolute Gasteiger partial charge is 0.239 e. The Morgan fingerprint density at radius 2 is 2.05 bits per heavy atom. The van der Waals surface area contributed by atoms with Crippen LogP contribution in [0.25, 0.3) is 0 Å². The summed E-state index contributed by atoms with van der Waals surface area (Å²) in [7, 11) is 1.74. The summed E-state index contributed by atoms with van der Waals surface area (Å²) >= 11 is 0. The van der Waals surface area contributed by atoms with Crippen molar-refractivity contribution in [3.8, 4) is 11.5 Å². The monoisotopic (exact) mass is 266 g/mol. The number of phenolic OH excluding ortho intramolecular Hbond substituents is 2. The highest BCUT2D eigenvalue weighted by atomic mass is 16.3. The van der Waals surface area contributed by atoms with E-state index in [1.807, 2.05) is 0 Å². The van der Waals surface area contributed by atoms with Crippen molar-refractivity contribution in [2.45, 2.75) is 32.2 Å². The van der Waals surface area contributed by atoms with Crippen molar-refractivity contribution >= 4 is 5.91 Å². The molecule has 1 atom stereocenters. The molecule has 4 N–H and O–H groups in total. The van der Waals surface area contributed by atoms with Crippen molar-refractivity contribution in [1.29, 1.82) is 0 Å². The number of nitrogens with two attached hydrogens (primary N) is 1. The van der Waals surface area contributed by atoms with Gasteiger partial charge in [-0.25, -0.2) is 0 Å². The van der Waals surface area contributed by atoms with Gasteiger partial charge in [0.2, 0.25) is 5.91 Å². The Balaban J connectivity index is 2.60. The summed E-state index contributed by atoms with van der Waals surface area (Å²) in [5.41, 5.74) is 6.60. The third-order valence-corrected chi connectivity index (χ3v) is 3.04. The molecule has 0 aliphatic heterocycles. The van der Waals surface area contributed by atoms with Crippen molar-refractivity contribution in [2.75, 3.05) is 13.6 Å². The first-order chi connectivity index (χ1) is 8.95. The molecule has 0 bridgehead atoms. The SMILES string of the molecule is CCCCN(C)C(=O)[C@@H](N)Cc1ccc(O)c(O)c1. The van der Waals surface area contributed by atoms with Crippen LogP contribution in [0.5, 0.6) is 11.5 Å². The molecule has 0 saturated carbocycles. The summed E-state index contributed by atoms with van der Waals surface area (Å²) in [5, 5.41) is 18.6. The second-order valence-corrected chi connectivity index (χ2v) is 4.75. The van der Waals surface area contributed by atoms with E-state index in [9.17, 15) is 15.0 Å². The van der Waals surface area contributed by atoms with E-state index in [2.05, 4.69) is 6.92 Å². The van der Waals surface area contributed by atoms with Crippen LogP contribution in [0.15, 0.2) is 18.2 Å². The molecule has 5 nitrogen and oxygen atoms in total. The van der Waals surface area contributed by atoms with Crippen molar-refractivity contribution < 1.29 is 15.0 Å². The first-order valence-electron chi connectivity index (χ1n) is 6.47. The molecule has 0 aliphatic carbocycles. The Bertz CT molecular complexity index is 435. The third kappa shape index (κ3) is 4.44. The van der Waals surface area contributed by atoms with Gasteiger partial charge in [-0.2, -0.15) is 0 Å². The van der Waals surface area contributed by atoms with E-state index in [4.69, 9.17) is 5.73 Å². The maximum absolute atomic E-state index is 12.0. The second-order valence-electron chi connectivity index (χ2n) is 4.75. The minimum atomic E-state index is -0.634. The average molecular weight is 266 g/mol. The number of hydrogen-bond acceptors (Lipinski definition) is 4. The molecule has 1 aromatic rings. The lowest BCUT2D eigenvalue weighted by Gasteiger charge is -2.21. The number of benzene rings is 1. The fourth-order valence-electron chi connectivity index (χ4n) is 1.83. The molecule has 0 unspecified atom stereocenters. The number of amides is 1. The molecule has 5 heteroatoms. The first kappa shape index (κ1) is 15.3. The van der Waals surface area contributed by atoms with Gasteiger partial charge in [-0.15, -0.1) is 0 Å². The van der Waals surface area contributed by atoms with Gasteiger partial charge in [0.1, 0.15) is 0 Å². The zero-order valence-electron chi connectivity index (χ0n) is 11.5. The lowest BCUT2D eigenvalue weighted by molar-refractivity contribution is -0.131. The Kier molecular flexibility index (Phi) is 5.63. The van der Waals surface area contributed by atoms with E-state index in [-0.39, 0.29) is 17.4 Å². The zero-order valence-corrected chi connectivity index (χ0v) is 11.5. The van der Waals surface area contributed by atoms with Crippen LogP contribution in [0.2, 0.25) is 0 Å². The van der Waals surface area contributed by atoms with Gasteiger partial charge in [0, 0.05) is 13.6 Å². The molecule has 0 aliphatic rings. The highest BCUT2D eigenvalue weighted by Crippen LogP contribution is 2.25. The largest absolute Gasteiger partial charge is 0.504 e. The van der Waals surface area contributed by atoms with Crippen LogP contribution in [0.3, 0.4) is 0 Å². The van der Waals surface area contributed by atoms with Gasteiger partial charge in [-0.05, 0) is 30.5 Å². The number of carbonyl (C=O) groups excluding carboxylic acids is 1. The molecule has 106 valence electrons. The Hall–Kier alpha value is -1.75. The van der Waals surface area contributed by atoms with Crippen molar-refractivity contribution in [3.05, 3.63) is 23.8 Å². The summed E-state index contributed by atoms with van der Waals surface area (Å²) in [6.07, 6.45) is 2.32. The number of phenols is 2. The van der Waals surface area contributed by atoms with Gasteiger partial charge in [0.15, 0.2) is 11.5 Å². The number of likely N-dealkylation sites (N-methyl/N-ethyl adjacent to an activating group) is 1. The summed E-state index contributed by atoms with van der Waals surface area (Å²) in [5.74, 6) is -0.485. The summed E-state index contributed by atoms with van der Waals surface area (Å²) in [6, 6.07) is 3.83. The van der Waals surface area contributed by atoms with Crippen molar-refractivity contribution in [2.24, 2.45) is 5.73 Å². The van der Waals surface area contributed by atoms with Crippen LogP contribution in [-0.2, 0) is 11.2 Å². The van der Waals surface area contributed by atoms with Gasteiger partial charge in [0.05, 0.1) is 6.04 Å². The van der Waals surface area contributed by atoms with Crippen LogP contribution in [0.1, 0.15) is 25.3 Å². The standard InChI is InChI=1S/C14H22N2O3/c1-3-4-7-16(2)14(19)11(15)8-10-5-6-12(17)13(18)9-10/h5-6,9,11,17-18H,3-4,7-8,15H2,1-2H3/t11-/m0/s1. The highest BCUT2D eigenvalue weighted by Gasteiger charge is 2.18. The summed E-state index contributed by atoms with van der Waals surface area (Å²) in [4.78, 5) is 13.6. The van der Waals surface area contributed by atoms with Crippen LogP contribution < -0.4 is 5.73 Å². The Morgan fingerprint density at radius 1 is 1.37 bits per heavy atom. The normalized spacial score (nSPS) is 12.2. The molecule has 0 aromatic heterocycles. The predicted octanol–water partition coefficient (Wildman–Crippen LogP) is 1.23. The van der Waals surface area contributed by atoms with Gasteiger partial charge >= 0.3 is 0 Å². The van der Waals surface area contributed by atoms with E-state index in [0.717, 1.165) is 18.4 Å². The molecule has 0 spiro atoms. The van der Waals surface area contributed by atoms with Gasteiger partial charge in [0.25, 0.3) is 0 Å². The summed E-state index contributed by atoms with van der Waals surface area (Å²) in [6.45, 7) is 2.77. The van der Waals surface area contributed by atoms with Gasteiger partial charge < -0.3 is 20.8 Å². The average Bonchev–Trinajstić information content (AvgIpc) is 2.39. The van der Waals surface area contributed by atoms with E-state index in [1.54, 1.807) is 18.0 Å². The third-order valence-electron chi connectivity index (χ3n) is 3.04. The number of carbonyl (C=O) groups is 1. The molecule has 1 aromatic carbocycles. The molecule has 1 rings (SSSR count). The van der Waals surface area contributed by atoms with Crippen molar-refractivity contribution in [1.82, 2.24) is 4.90 Å². The highest BCUT2D eigenvalue weighted by molar-refractivity contribution is 5.81. The maximum atomic E-state index is 12.0. The zero-order chi connectivity index (χ0) is 14.4. The maximum Gasteiger partial charge on any atom is 0.239 e. The lowest BCUT2D eigenvalue weighted by Crippen LogP contribution is -2.43. The van der Waals surface area contributed by atoms with E-state index in [1.165, 1.54) is 12.1 Å². The van der Waals surface area contributed by atoms with E-state index >= 15 is 0 Å². The quantitative estimate of drug-likeness (QED) is 0.676. The molecule has 19 heavy (non-hydrogen) atoms. The molecule has 0 heterocycles. The molecular formula is C14H22N2O3. The van der Waals surface area contributed by atoms with Crippen LogP contribution in [-0.4, -0.2) is 40.7 Å².